The van der Waals surface area contributed by atoms with Crippen LogP contribution in [0.1, 0.15) is 37.8 Å². The molecule has 0 radical (unpaired) electrons. The number of hydrogen-bond acceptors (Lipinski definition) is 3. The minimum atomic E-state index is -0.533. The first kappa shape index (κ1) is 25.9. The van der Waals surface area contributed by atoms with Crippen LogP contribution in [0.5, 0.6) is 0 Å². The number of rotatable bonds is 11. The number of thioether (sulfide) groups is 1. The number of benzene rings is 2. The molecule has 0 heterocycles. The number of nitrogens with zero attached hydrogens (tertiary/aromatic N) is 1. The molecule has 0 aliphatic heterocycles. The summed E-state index contributed by atoms with van der Waals surface area (Å²) in [5, 5.41) is 4.70. The third kappa shape index (κ3) is 8.23. The fraction of sp³-hybridized carbons (Fsp3) is 0.391. The zero-order valence-corrected chi connectivity index (χ0v) is 20.8. The molecule has 2 aromatic carbocycles. The second-order valence-electron chi connectivity index (χ2n) is 7.09. The van der Waals surface area contributed by atoms with Crippen LogP contribution in [0.3, 0.4) is 0 Å². The van der Waals surface area contributed by atoms with Crippen LogP contribution in [-0.2, 0) is 21.9 Å². The highest BCUT2D eigenvalue weighted by Crippen LogP contribution is 2.25. The molecule has 0 saturated heterocycles. The van der Waals surface area contributed by atoms with E-state index in [2.05, 4.69) is 5.32 Å². The molecule has 2 aromatic rings. The molecular formula is C23H27Cl3N2O2S. The number of amides is 2. The maximum Gasteiger partial charge on any atom is 0.242 e. The summed E-state index contributed by atoms with van der Waals surface area (Å²) < 4.78 is 0. The Morgan fingerprint density at radius 3 is 2.32 bits per heavy atom. The summed E-state index contributed by atoms with van der Waals surface area (Å²) in [4.78, 5) is 27.6. The van der Waals surface area contributed by atoms with Gasteiger partial charge in [0.05, 0.1) is 5.75 Å². The fourth-order valence-electron chi connectivity index (χ4n) is 3.04. The molecule has 1 atom stereocenters. The summed E-state index contributed by atoms with van der Waals surface area (Å²) in [6.45, 7) is 4.84. The topological polar surface area (TPSA) is 49.4 Å². The molecule has 31 heavy (non-hydrogen) atoms. The van der Waals surface area contributed by atoms with Crippen LogP contribution in [0.25, 0.3) is 0 Å². The first-order valence-corrected chi connectivity index (χ1v) is 12.5. The summed E-state index contributed by atoms with van der Waals surface area (Å²) in [5.41, 5.74) is 1.84. The van der Waals surface area contributed by atoms with Gasteiger partial charge in [-0.1, -0.05) is 66.8 Å². The summed E-state index contributed by atoms with van der Waals surface area (Å²) in [5.74, 6) is 0.598. The van der Waals surface area contributed by atoms with Crippen molar-refractivity contribution in [1.82, 2.24) is 10.2 Å². The molecule has 0 fully saturated rings. The van der Waals surface area contributed by atoms with E-state index in [-0.39, 0.29) is 17.6 Å². The first-order valence-electron chi connectivity index (χ1n) is 10.2. The van der Waals surface area contributed by atoms with Gasteiger partial charge >= 0.3 is 0 Å². The summed E-state index contributed by atoms with van der Waals surface area (Å²) in [6, 6.07) is 12.1. The number of carbonyl (C=O) groups excluding carboxylic acids is 2. The predicted molar refractivity (Wildman–Crippen MR) is 132 cm³/mol. The smallest absolute Gasteiger partial charge is 0.242 e. The van der Waals surface area contributed by atoms with Crippen molar-refractivity contribution in [1.29, 1.82) is 0 Å². The second kappa shape index (κ2) is 13.2. The average molecular weight is 502 g/mol. The van der Waals surface area contributed by atoms with Gasteiger partial charge in [0.2, 0.25) is 11.8 Å². The van der Waals surface area contributed by atoms with E-state index in [1.54, 1.807) is 29.2 Å². The highest BCUT2D eigenvalue weighted by atomic mass is 35.5. The van der Waals surface area contributed by atoms with Gasteiger partial charge in [-0.15, -0.1) is 11.8 Å². The van der Waals surface area contributed by atoms with Gasteiger partial charge in [0.15, 0.2) is 0 Å². The molecule has 0 unspecified atom stereocenters. The molecule has 0 spiro atoms. The molecule has 0 aliphatic rings. The van der Waals surface area contributed by atoms with Crippen molar-refractivity contribution in [2.24, 2.45) is 0 Å². The van der Waals surface area contributed by atoms with Crippen LogP contribution in [0.15, 0.2) is 42.5 Å². The van der Waals surface area contributed by atoms with Crippen molar-refractivity contribution in [3.05, 3.63) is 68.7 Å². The van der Waals surface area contributed by atoms with Gasteiger partial charge in [-0.25, -0.2) is 0 Å². The first-order chi connectivity index (χ1) is 14.8. The number of halogens is 3. The van der Waals surface area contributed by atoms with Gasteiger partial charge < -0.3 is 10.2 Å². The minimum Gasteiger partial charge on any atom is -0.354 e. The maximum atomic E-state index is 13.2. The van der Waals surface area contributed by atoms with Crippen molar-refractivity contribution in [3.63, 3.8) is 0 Å². The van der Waals surface area contributed by atoms with Crippen molar-refractivity contribution < 1.29 is 9.59 Å². The SMILES string of the molecule is CCCNC(=O)[C@@H](CC)N(Cc1ccc(Cl)cc1)C(=O)CSCc1ccc(Cl)cc1Cl. The predicted octanol–water partition coefficient (Wildman–Crippen LogP) is 6.21. The standard InChI is InChI=1S/C23H27Cl3N2O2S/c1-3-11-27-23(30)21(4-2)28(13-16-5-8-18(24)9-6-16)22(29)15-31-14-17-7-10-19(25)12-20(17)26/h5-10,12,21H,3-4,11,13-15H2,1-2H3,(H,27,30)/t21-/m1/s1. The summed E-state index contributed by atoms with van der Waals surface area (Å²) in [6.07, 6.45) is 1.37. The molecule has 168 valence electrons. The van der Waals surface area contributed by atoms with E-state index < -0.39 is 6.04 Å². The lowest BCUT2D eigenvalue weighted by Crippen LogP contribution is -2.49. The normalized spacial score (nSPS) is 11.8. The second-order valence-corrected chi connectivity index (χ2v) is 9.36. The summed E-state index contributed by atoms with van der Waals surface area (Å²) in [7, 11) is 0. The molecule has 8 heteroatoms. The lowest BCUT2D eigenvalue weighted by molar-refractivity contribution is -0.139. The third-order valence-corrected chi connectivity index (χ3v) is 6.50. The minimum absolute atomic E-state index is 0.0939. The van der Waals surface area contributed by atoms with E-state index in [1.807, 2.05) is 32.0 Å². The Morgan fingerprint density at radius 1 is 1.03 bits per heavy atom. The lowest BCUT2D eigenvalue weighted by atomic mass is 10.1. The molecule has 0 aliphatic carbocycles. The molecule has 2 rings (SSSR count). The van der Waals surface area contributed by atoms with Crippen molar-refractivity contribution in [3.8, 4) is 0 Å². The van der Waals surface area contributed by atoms with Gasteiger partial charge in [-0.05, 0) is 48.2 Å². The molecule has 4 nitrogen and oxygen atoms in total. The molecule has 0 bridgehead atoms. The van der Waals surface area contributed by atoms with Gasteiger partial charge in [0, 0.05) is 33.9 Å². The molecular weight excluding hydrogens is 475 g/mol. The molecule has 0 saturated carbocycles. The van der Waals surface area contributed by atoms with Crippen molar-refractivity contribution in [2.75, 3.05) is 12.3 Å². The van der Waals surface area contributed by atoms with E-state index in [1.165, 1.54) is 11.8 Å². The lowest BCUT2D eigenvalue weighted by Gasteiger charge is -2.30. The number of nitrogens with one attached hydrogen (secondary N) is 1. The van der Waals surface area contributed by atoms with Crippen LogP contribution < -0.4 is 5.32 Å². The van der Waals surface area contributed by atoms with E-state index in [9.17, 15) is 9.59 Å². The van der Waals surface area contributed by atoms with E-state index >= 15 is 0 Å². The Labute approximate surface area is 203 Å². The number of carbonyl (C=O) groups is 2. The van der Waals surface area contributed by atoms with E-state index in [0.29, 0.717) is 40.3 Å². The van der Waals surface area contributed by atoms with Crippen LogP contribution in [-0.4, -0.2) is 35.1 Å². The van der Waals surface area contributed by atoms with Crippen LogP contribution in [0.2, 0.25) is 15.1 Å². The number of hydrogen-bond donors (Lipinski definition) is 1. The fourth-order valence-corrected chi connectivity index (χ4v) is 4.64. The van der Waals surface area contributed by atoms with Gasteiger partial charge in [0.25, 0.3) is 0 Å². The quantitative estimate of drug-likeness (QED) is 0.398. The van der Waals surface area contributed by atoms with E-state index in [0.717, 1.165) is 17.5 Å². The highest BCUT2D eigenvalue weighted by Gasteiger charge is 2.28. The van der Waals surface area contributed by atoms with Crippen LogP contribution in [0.4, 0.5) is 0 Å². The van der Waals surface area contributed by atoms with Crippen molar-refractivity contribution >= 4 is 58.4 Å². The largest absolute Gasteiger partial charge is 0.354 e. The van der Waals surface area contributed by atoms with Gasteiger partial charge in [-0.2, -0.15) is 0 Å². The Kier molecular flexibility index (Phi) is 11.0. The monoisotopic (exact) mass is 500 g/mol. The Bertz CT molecular complexity index is 878. The highest BCUT2D eigenvalue weighted by molar-refractivity contribution is 7.99. The Hall–Kier alpha value is -1.40. The Morgan fingerprint density at radius 2 is 1.71 bits per heavy atom. The van der Waals surface area contributed by atoms with Gasteiger partial charge in [-0.3, -0.25) is 9.59 Å². The Balaban J connectivity index is 2.11. The zero-order chi connectivity index (χ0) is 22.8. The van der Waals surface area contributed by atoms with Crippen LogP contribution in [0, 0.1) is 0 Å². The van der Waals surface area contributed by atoms with Crippen molar-refractivity contribution in [2.45, 2.75) is 45.0 Å². The molecule has 1 N–H and O–H groups in total. The average Bonchev–Trinajstić information content (AvgIpc) is 2.74. The maximum absolute atomic E-state index is 13.2. The van der Waals surface area contributed by atoms with Crippen LogP contribution >= 0.6 is 46.6 Å². The van der Waals surface area contributed by atoms with Gasteiger partial charge in [0.1, 0.15) is 6.04 Å². The molecule has 2 amide bonds. The molecule has 0 aromatic heterocycles. The van der Waals surface area contributed by atoms with E-state index in [4.69, 9.17) is 34.8 Å². The third-order valence-electron chi connectivity index (χ3n) is 4.70. The zero-order valence-electron chi connectivity index (χ0n) is 17.7. The summed E-state index contributed by atoms with van der Waals surface area (Å²) >= 11 is 19.6.